The number of rotatable bonds is 2. The Kier molecular flexibility index (Phi) is 3.99. The molecule has 0 aromatic rings. The number of likely N-dealkylation sites (tertiary alicyclic amines) is 1. The Labute approximate surface area is 87.8 Å². The molecule has 0 spiro atoms. The van der Waals surface area contributed by atoms with Crippen LogP contribution in [0.4, 0.5) is 0 Å². The standard InChI is InChI=1S/C13H21N/c1-5-8-13-12(6-2)9-7-10-14(13)11(3)4/h5-6,8,11H,1,7,9-10H2,2-4H3/b12-6-,13-8+. The molecule has 0 aromatic heterocycles. The van der Waals surface area contributed by atoms with Crippen LogP contribution in [0.2, 0.25) is 0 Å². The van der Waals surface area contributed by atoms with Gasteiger partial charge in [-0.2, -0.15) is 0 Å². The van der Waals surface area contributed by atoms with Gasteiger partial charge in [0, 0.05) is 18.3 Å². The van der Waals surface area contributed by atoms with Gasteiger partial charge in [0.2, 0.25) is 0 Å². The number of nitrogens with zero attached hydrogens (tertiary/aromatic N) is 1. The highest BCUT2D eigenvalue weighted by atomic mass is 15.2. The average molecular weight is 191 g/mol. The van der Waals surface area contributed by atoms with E-state index in [0.717, 1.165) is 0 Å². The number of hydrogen-bond acceptors (Lipinski definition) is 1. The molecule has 1 heterocycles. The van der Waals surface area contributed by atoms with Gasteiger partial charge in [0.1, 0.15) is 0 Å². The van der Waals surface area contributed by atoms with E-state index in [1.54, 1.807) is 0 Å². The Bertz CT molecular complexity index is 258. The highest BCUT2D eigenvalue weighted by molar-refractivity contribution is 5.34. The highest BCUT2D eigenvalue weighted by Gasteiger charge is 2.20. The van der Waals surface area contributed by atoms with Crippen molar-refractivity contribution in [3.8, 4) is 0 Å². The van der Waals surface area contributed by atoms with E-state index in [4.69, 9.17) is 0 Å². The van der Waals surface area contributed by atoms with Crippen LogP contribution in [0.25, 0.3) is 0 Å². The fourth-order valence-corrected chi connectivity index (χ4v) is 2.02. The summed E-state index contributed by atoms with van der Waals surface area (Å²) in [6.45, 7) is 11.6. The Morgan fingerprint density at radius 1 is 1.43 bits per heavy atom. The molecule has 0 radical (unpaired) electrons. The van der Waals surface area contributed by atoms with Gasteiger partial charge in [-0.3, -0.25) is 0 Å². The topological polar surface area (TPSA) is 3.24 Å². The molecule has 1 fully saturated rings. The van der Waals surface area contributed by atoms with Gasteiger partial charge in [-0.15, -0.1) is 0 Å². The lowest BCUT2D eigenvalue weighted by Gasteiger charge is -2.36. The van der Waals surface area contributed by atoms with Crippen molar-refractivity contribution >= 4 is 0 Å². The van der Waals surface area contributed by atoms with Crippen molar-refractivity contribution in [1.29, 1.82) is 0 Å². The molecule has 1 rings (SSSR count). The first-order chi connectivity index (χ1) is 6.70. The monoisotopic (exact) mass is 191 g/mol. The van der Waals surface area contributed by atoms with Crippen LogP contribution in [0.5, 0.6) is 0 Å². The normalized spacial score (nSPS) is 23.6. The maximum atomic E-state index is 3.79. The predicted molar refractivity (Wildman–Crippen MR) is 63.1 cm³/mol. The quantitative estimate of drug-likeness (QED) is 0.645. The Morgan fingerprint density at radius 2 is 2.14 bits per heavy atom. The van der Waals surface area contributed by atoms with Crippen molar-refractivity contribution in [2.45, 2.75) is 39.7 Å². The van der Waals surface area contributed by atoms with Gasteiger partial charge in [0.05, 0.1) is 0 Å². The second-order valence-corrected chi connectivity index (χ2v) is 3.99. The van der Waals surface area contributed by atoms with Crippen LogP contribution in [0.15, 0.2) is 36.1 Å². The van der Waals surface area contributed by atoms with E-state index in [2.05, 4.69) is 44.4 Å². The minimum Gasteiger partial charge on any atom is -0.369 e. The third-order valence-corrected chi connectivity index (χ3v) is 2.73. The first-order valence-corrected chi connectivity index (χ1v) is 5.45. The molecule has 1 aliphatic heterocycles. The van der Waals surface area contributed by atoms with Crippen LogP contribution in [0.3, 0.4) is 0 Å². The summed E-state index contributed by atoms with van der Waals surface area (Å²) in [4.78, 5) is 2.46. The van der Waals surface area contributed by atoms with E-state index in [9.17, 15) is 0 Å². The lowest BCUT2D eigenvalue weighted by Crippen LogP contribution is -2.34. The zero-order valence-electron chi connectivity index (χ0n) is 9.59. The van der Waals surface area contributed by atoms with Crippen molar-refractivity contribution in [2.24, 2.45) is 0 Å². The van der Waals surface area contributed by atoms with Crippen LogP contribution in [-0.4, -0.2) is 17.5 Å². The fourth-order valence-electron chi connectivity index (χ4n) is 2.02. The van der Waals surface area contributed by atoms with Crippen molar-refractivity contribution in [3.05, 3.63) is 36.1 Å². The second-order valence-electron chi connectivity index (χ2n) is 3.99. The van der Waals surface area contributed by atoms with Crippen LogP contribution in [-0.2, 0) is 0 Å². The summed E-state index contributed by atoms with van der Waals surface area (Å²) >= 11 is 0. The summed E-state index contributed by atoms with van der Waals surface area (Å²) in [6, 6.07) is 0.580. The molecule has 0 saturated carbocycles. The largest absolute Gasteiger partial charge is 0.369 e. The molecule has 0 unspecified atom stereocenters. The lowest BCUT2D eigenvalue weighted by atomic mass is 9.98. The van der Waals surface area contributed by atoms with Crippen LogP contribution < -0.4 is 0 Å². The van der Waals surface area contributed by atoms with E-state index >= 15 is 0 Å². The summed E-state index contributed by atoms with van der Waals surface area (Å²) in [6.07, 6.45) is 8.73. The molecule has 0 amide bonds. The Hall–Kier alpha value is -0.980. The summed E-state index contributed by atoms with van der Waals surface area (Å²) in [5.74, 6) is 0. The Balaban J connectivity index is 2.95. The lowest BCUT2D eigenvalue weighted by molar-refractivity contribution is 0.266. The minimum absolute atomic E-state index is 0.580. The van der Waals surface area contributed by atoms with Crippen LogP contribution in [0, 0.1) is 0 Å². The third-order valence-electron chi connectivity index (χ3n) is 2.73. The van der Waals surface area contributed by atoms with Gasteiger partial charge in [-0.25, -0.2) is 0 Å². The van der Waals surface area contributed by atoms with Gasteiger partial charge >= 0.3 is 0 Å². The highest BCUT2D eigenvalue weighted by Crippen LogP contribution is 2.27. The van der Waals surface area contributed by atoms with Gasteiger partial charge in [0.25, 0.3) is 0 Å². The molecule has 1 saturated heterocycles. The average Bonchev–Trinajstić information content (AvgIpc) is 2.18. The van der Waals surface area contributed by atoms with Crippen molar-refractivity contribution in [3.63, 3.8) is 0 Å². The van der Waals surface area contributed by atoms with E-state index < -0.39 is 0 Å². The van der Waals surface area contributed by atoms with Gasteiger partial charge in [-0.1, -0.05) is 18.7 Å². The first-order valence-electron chi connectivity index (χ1n) is 5.45. The van der Waals surface area contributed by atoms with Gasteiger partial charge in [-0.05, 0) is 45.3 Å². The molecule has 0 aromatic carbocycles. The number of piperidine rings is 1. The molecule has 0 bridgehead atoms. The molecule has 1 heteroatoms. The molecule has 14 heavy (non-hydrogen) atoms. The van der Waals surface area contributed by atoms with Crippen molar-refractivity contribution in [2.75, 3.05) is 6.54 Å². The number of allylic oxidation sites excluding steroid dienone is 4. The third kappa shape index (κ3) is 2.28. The van der Waals surface area contributed by atoms with E-state index in [1.165, 1.54) is 30.7 Å². The molecule has 0 aliphatic carbocycles. The molecule has 0 atom stereocenters. The van der Waals surface area contributed by atoms with Crippen LogP contribution in [0.1, 0.15) is 33.6 Å². The summed E-state index contributed by atoms with van der Waals surface area (Å²) in [5.41, 5.74) is 2.83. The zero-order chi connectivity index (χ0) is 10.6. The fraction of sp³-hybridized carbons (Fsp3) is 0.538. The summed E-state index contributed by atoms with van der Waals surface area (Å²) < 4.78 is 0. The van der Waals surface area contributed by atoms with E-state index in [1.807, 2.05) is 6.08 Å². The van der Waals surface area contributed by atoms with E-state index in [0.29, 0.717) is 6.04 Å². The first kappa shape index (κ1) is 11.1. The smallest absolute Gasteiger partial charge is 0.0397 e. The van der Waals surface area contributed by atoms with Crippen molar-refractivity contribution in [1.82, 2.24) is 4.90 Å². The van der Waals surface area contributed by atoms with Gasteiger partial charge < -0.3 is 4.90 Å². The maximum absolute atomic E-state index is 3.79. The predicted octanol–water partition coefficient (Wildman–Crippen LogP) is 3.51. The SMILES string of the molecule is C=C/C=C1\C(=C/C)CCCN1C(C)C. The summed E-state index contributed by atoms with van der Waals surface area (Å²) in [7, 11) is 0. The maximum Gasteiger partial charge on any atom is 0.0397 e. The van der Waals surface area contributed by atoms with Crippen molar-refractivity contribution < 1.29 is 0 Å². The summed E-state index contributed by atoms with van der Waals surface area (Å²) in [5, 5.41) is 0. The van der Waals surface area contributed by atoms with Crippen LogP contribution >= 0.6 is 0 Å². The zero-order valence-corrected chi connectivity index (χ0v) is 9.59. The Morgan fingerprint density at radius 3 is 2.64 bits per heavy atom. The minimum atomic E-state index is 0.580. The number of hydrogen-bond donors (Lipinski definition) is 0. The van der Waals surface area contributed by atoms with Gasteiger partial charge in [0.15, 0.2) is 0 Å². The molecule has 0 N–H and O–H groups in total. The molecule has 78 valence electrons. The molecule has 1 nitrogen and oxygen atoms in total. The van der Waals surface area contributed by atoms with E-state index in [-0.39, 0.29) is 0 Å². The molecular formula is C13H21N. The second kappa shape index (κ2) is 5.04. The molecular weight excluding hydrogens is 170 g/mol. The molecule has 1 aliphatic rings.